The number of para-hydroxylation sites is 1. The second-order valence-corrected chi connectivity index (χ2v) is 15.8. The van der Waals surface area contributed by atoms with Crippen LogP contribution in [0.5, 0.6) is 0 Å². The average Bonchev–Trinajstić information content (AvgIpc) is 3.82. The topological polar surface area (TPSA) is 18.1 Å². The third-order valence-electron chi connectivity index (χ3n) is 12.0. The number of hydrogen-bond donors (Lipinski definition) is 0. The fourth-order valence-electron chi connectivity index (χ4n) is 8.95. The molecule has 2 nitrogen and oxygen atoms in total. The van der Waals surface area contributed by atoms with E-state index in [1.807, 2.05) is 0 Å². The molecule has 0 saturated heterocycles. The molecule has 8 aromatic carbocycles. The Bertz CT molecular complexity index is 3000. The Hall–Kier alpha value is -6.64. The van der Waals surface area contributed by atoms with Crippen molar-refractivity contribution in [3.63, 3.8) is 0 Å². The number of nitrogens with zero attached hydrogens (tertiary/aromatic N) is 1. The molecular formula is C56H47NO. The van der Waals surface area contributed by atoms with Gasteiger partial charge in [0.1, 0.15) is 11.2 Å². The van der Waals surface area contributed by atoms with Crippen molar-refractivity contribution in [1.29, 1.82) is 0 Å². The molecular weight excluding hydrogens is 703 g/mol. The number of benzene rings is 8. The summed E-state index contributed by atoms with van der Waals surface area (Å²) in [7, 11) is 0. The quantitative estimate of drug-likeness (QED) is 0.107. The summed E-state index contributed by atoms with van der Waals surface area (Å²) >= 11 is 0. The highest BCUT2D eigenvalue weighted by molar-refractivity contribution is 6.12. The summed E-state index contributed by atoms with van der Waals surface area (Å²) in [6.07, 6.45) is 9.96. The van der Waals surface area contributed by atoms with Gasteiger partial charge in [0.15, 0.2) is 0 Å². The highest BCUT2D eigenvalue weighted by Crippen LogP contribution is 2.38. The first-order valence-electron chi connectivity index (χ1n) is 21.0. The second kappa shape index (κ2) is 16.1. The van der Waals surface area contributed by atoms with Crippen LogP contribution < -0.4 is 0 Å². The zero-order valence-electron chi connectivity index (χ0n) is 32.9. The SMILES string of the molecule is c1ccc(-c2cccc(CCCCCCCCc3cccc(-c4ccc5oc6ccc(-n7c8ccccc8c8cc(-c9ccccc9)ccc87)cc6c5c4)c3)c2)cc1. The molecule has 0 fully saturated rings. The molecule has 0 saturated carbocycles. The Morgan fingerprint density at radius 3 is 1.48 bits per heavy atom. The van der Waals surface area contributed by atoms with Gasteiger partial charge >= 0.3 is 0 Å². The van der Waals surface area contributed by atoms with E-state index in [9.17, 15) is 0 Å². The molecule has 2 aromatic heterocycles. The van der Waals surface area contributed by atoms with E-state index in [0.717, 1.165) is 40.5 Å². The molecule has 58 heavy (non-hydrogen) atoms. The van der Waals surface area contributed by atoms with Crippen molar-refractivity contribution < 1.29 is 4.42 Å². The fraction of sp³-hybridized carbons (Fsp3) is 0.143. The Balaban J connectivity index is 0.818. The predicted molar refractivity (Wildman–Crippen MR) is 246 cm³/mol. The summed E-state index contributed by atoms with van der Waals surface area (Å²) in [6.45, 7) is 0. The Morgan fingerprint density at radius 1 is 0.310 bits per heavy atom. The van der Waals surface area contributed by atoms with Gasteiger partial charge in [0, 0.05) is 27.2 Å². The number of aryl methyl sites for hydroxylation is 2. The van der Waals surface area contributed by atoms with Crippen LogP contribution in [-0.4, -0.2) is 4.57 Å². The molecule has 10 rings (SSSR count). The van der Waals surface area contributed by atoms with Crippen LogP contribution in [0.1, 0.15) is 49.7 Å². The predicted octanol–water partition coefficient (Wildman–Crippen LogP) is 15.8. The van der Waals surface area contributed by atoms with Crippen molar-refractivity contribution >= 4 is 43.7 Å². The molecule has 10 aromatic rings. The van der Waals surface area contributed by atoms with E-state index in [1.54, 1.807) is 0 Å². The smallest absolute Gasteiger partial charge is 0.135 e. The lowest BCUT2D eigenvalue weighted by Gasteiger charge is -2.09. The first-order chi connectivity index (χ1) is 28.7. The molecule has 0 bridgehead atoms. The number of hydrogen-bond acceptors (Lipinski definition) is 1. The molecule has 2 heterocycles. The van der Waals surface area contributed by atoms with Crippen molar-refractivity contribution in [3.05, 3.63) is 199 Å². The van der Waals surface area contributed by atoms with E-state index in [4.69, 9.17) is 4.42 Å². The van der Waals surface area contributed by atoms with Crippen molar-refractivity contribution in [2.75, 3.05) is 0 Å². The van der Waals surface area contributed by atoms with Crippen LogP contribution in [0.25, 0.3) is 82.8 Å². The number of aromatic nitrogens is 1. The molecule has 0 atom stereocenters. The van der Waals surface area contributed by atoms with Gasteiger partial charge in [-0.3, -0.25) is 0 Å². The number of rotatable bonds is 13. The van der Waals surface area contributed by atoms with Gasteiger partial charge in [0.05, 0.1) is 11.0 Å². The monoisotopic (exact) mass is 749 g/mol. The number of unbranched alkanes of at least 4 members (excludes halogenated alkanes) is 5. The third-order valence-corrected chi connectivity index (χ3v) is 12.0. The third kappa shape index (κ3) is 7.23. The second-order valence-electron chi connectivity index (χ2n) is 15.8. The minimum atomic E-state index is 0.911. The van der Waals surface area contributed by atoms with E-state index >= 15 is 0 Å². The van der Waals surface area contributed by atoms with E-state index in [-0.39, 0.29) is 0 Å². The lowest BCUT2D eigenvalue weighted by molar-refractivity contribution is 0.594. The van der Waals surface area contributed by atoms with E-state index in [0.29, 0.717) is 0 Å². The zero-order valence-corrected chi connectivity index (χ0v) is 32.9. The number of fused-ring (bicyclic) bond motifs is 6. The minimum Gasteiger partial charge on any atom is -0.456 e. The van der Waals surface area contributed by atoms with Crippen molar-refractivity contribution in [3.8, 4) is 39.1 Å². The lowest BCUT2D eigenvalue weighted by atomic mass is 9.98. The van der Waals surface area contributed by atoms with Crippen molar-refractivity contribution in [2.24, 2.45) is 0 Å². The molecule has 0 radical (unpaired) electrons. The van der Waals surface area contributed by atoms with Crippen molar-refractivity contribution in [2.45, 2.75) is 51.4 Å². The van der Waals surface area contributed by atoms with Gasteiger partial charge in [-0.2, -0.15) is 0 Å². The summed E-state index contributed by atoms with van der Waals surface area (Å²) < 4.78 is 8.81. The molecule has 0 amide bonds. The normalized spacial score (nSPS) is 11.7. The Labute approximate surface area is 341 Å². The first-order valence-corrected chi connectivity index (χ1v) is 21.0. The molecule has 282 valence electrons. The van der Waals surface area contributed by atoms with Gasteiger partial charge < -0.3 is 8.98 Å². The Morgan fingerprint density at radius 2 is 0.793 bits per heavy atom. The van der Waals surface area contributed by atoms with E-state index in [2.05, 4.69) is 193 Å². The van der Waals surface area contributed by atoms with Crippen LogP contribution >= 0.6 is 0 Å². The van der Waals surface area contributed by atoms with Crippen LogP contribution in [0.4, 0.5) is 0 Å². The lowest BCUT2D eigenvalue weighted by Crippen LogP contribution is -1.93. The molecule has 0 N–H and O–H groups in total. The largest absolute Gasteiger partial charge is 0.456 e. The Kier molecular flexibility index (Phi) is 9.91. The zero-order chi connectivity index (χ0) is 38.7. The summed E-state index contributed by atoms with van der Waals surface area (Å²) in [5, 5.41) is 4.80. The molecule has 0 aliphatic heterocycles. The highest BCUT2D eigenvalue weighted by Gasteiger charge is 2.16. The van der Waals surface area contributed by atoms with Gasteiger partial charge in [0.25, 0.3) is 0 Å². The summed E-state index contributed by atoms with van der Waals surface area (Å²) in [5.74, 6) is 0. The van der Waals surface area contributed by atoms with Crippen LogP contribution in [-0.2, 0) is 12.8 Å². The number of furan rings is 1. The van der Waals surface area contributed by atoms with Crippen LogP contribution in [0, 0.1) is 0 Å². The summed E-state index contributed by atoms with van der Waals surface area (Å²) in [5.41, 5.74) is 15.8. The van der Waals surface area contributed by atoms with Crippen LogP contribution in [0.2, 0.25) is 0 Å². The van der Waals surface area contributed by atoms with Gasteiger partial charge in [0.2, 0.25) is 0 Å². The first kappa shape index (κ1) is 35.8. The maximum atomic E-state index is 6.41. The van der Waals surface area contributed by atoms with Crippen molar-refractivity contribution in [1.82, 2.24) is 4.57 Å². The van der Waals surface area contributed by atoms with Gasteiger partial charge in [-0.1, -0.05) is 165 Å². The summed E-state index contributed by atoms with van der Waals surface area (Å²) in [4.78, 5) is 0. The molecule has 0 aliphatic rings. The standard InChI is InChI=1S/C56H47NO/c1(3-7-17-40-19-15-25-44(35-40)42-21-9-5-10-22-42)2-4-8-18-41-20-16-26-45(36-41)47-30-33-55-51(38-47)52-39-48(31-34-56(52)58-55)57-53-28-14-13-27-49(53)50-37-46(29-32-54(50)57)43-23-11-6-12-24-43/h5-6,9-16,19-39H,1-4,7-8,17-18H2. The molecule has 0 aliphatic carbocycles. The molecule has 2 heteroatoms. The van der Waals surface area contributed by atoms with E-state index in [1.165, 1.54) is 105 Å². The summed E-state index contributed by atoms with van der Waals surface area (Å²) in [6, 6.07) is 68.5. The molecule has 0 unspecified atom stereocenters. The maximum Gasteiger partial charge on any atom is 0.135 e. The van der Waals surface area contributed by atoms with Gasteiger partial charge in [-0.25, -0.2) is 0 Å². The highest BCUT2D eigenvalue weighted by atomic mass is 16.3. The van der Waals surface area contributed by atoms with E-state index < -0.39 is 0 Å². The molecule has 0 spiro atoms. The van der Waals surface area contributed by atoms with Crippen LogP contribution in [0.3, 0.4) is 0 Å². The van der Waals surface area contributed by atoms with Crippen LogP contribution in [0.15, 0.2) is 192 Å². The minimum absolute atomic E-state index is 0.911. The van der Waals surface area contributed by atoms with Gasteiger partial charge in [-0.05, 0) is 119 Å². The maximum absolute atomic E-state index is 6.41. The fourth-order valence-corrected chi connectivity index (χ4v) is 8.95. The van der Waals surface area contributed by atoms with Gasteiger partial charge in [-0.15, -0.1) is 0 Å². The average molecular weight is 750 g/mol.